The van der Waals surface area contributed by atoms with Gasteiger partial charge in [0.25, 0.3) is 5.91 Å². The minimum Gasteiger partial charge on any atom is -0.396 e. The standard InChI is InChI=1S/C13H19FN2O2/c1-8(2)7-18-9(3)13(17)16-10-4-5-11(14)12(15)6-10/h4-6,8-9H,7,15H2,1-3H3,(H,16,17). The second-order valence-electron chi connectivity index (χ2n) is 4.59. The summed E-state index contributed by atoms with van der Waals surface area (Å²) in [7, 11) is 0. The maximum Gasteiger partial charge on any atom is 0.253 e. The van der Waals surface area contributed by atoms with Gasteiger partial charge in [0.15, 0.2) is 0 Å². The summed E-state index contributed by atoms with van der Waals surface area (Å²) in [5.74, 6) is -0.416. The molecule has 1 unspecified atom stereocenters. The van der Waals surface area contributed by atoms with Crippen LogP contribution >= 0.6 is 0 Å². The van der Waals surface area contributed by atoms with Gasteiger partial charge in [-0.3, -0.25) is 4.79 Å². The molecule has 0 aliphatic carbocycles. The largest absolute Gasteiger partial charge is 0.396 e. The number of nitrogens with one attached hydrogen (secondary N) is 1. The maximum atomic E-state index is 12.9. The van der Waals surface area contributed by atoms with Crippen molar-refractivity contribution in [3.05, 3.63) is 24.0 Å². The monoisotopic (exact) mass is 254 g/mol. The first-order valence-corrected chi connectivity index (χ1v) is 5.87. The molecule has 0 aromatic heterocycles. The zero-order valence-corrected chi connectivity index (χ0v) is 10.9. The molecule has 1 aromatic carbocycles. The smallest absolute Gasteiger partial charge is 0.253 e. The number of anilines is 2. The van der Waals surface area contributed by atoms with E-state index in [1.165, 1.54) is 18.2 Å². The van der Waals surface area contributed by atoms with Crippen LogP contribution in [0.3, 0.4) is 0 Å². The molecule has 0 aliphatic rings. The number of ether oxygens (including phenoxy) is 1. The van der Waals surface area contributed by atoms with Crippen LogP contribution in [0.4, 0.5) is 15.8 Å². The fourth-order valence-corrected chi connectivity index (χ4v) is 1.28. The molecule has 0 spiro atoms. The van der Waals surface area contributed by atoms with Crippen LogP contribution in [0.25, 0.3) is 0 Å². The van der Waals surface area contributed by atoms with E-state index in [2.05, 4.69) is 5.32 Å². The van der Waals surface area contributed by atoms with Crippen LogP contribution in [0.5, 0.6) is 0 Å². The van der Waals surface area contributed by atoms with Crippen molar-refractivity contribution in [2.45, 2.75) is 26.9 Å². The van der Waals surface area contributed by atoms with Crippen LogP contribution in [-0.2, 0) is 9.53 Å². The van der Waals surface area contributed by atoms with E-state index < -0.39 is 11.9 Å². The molecule has 1 atom stereocenters. The third-order valence-electron chi connectivity index (χ3n) is 2.31. The van der Waals surface area contributed by atoms with Crippen LogP contribution in [0.15, 0.2) is 18.2 Å². The fourth-order valence-electron chi connectivity index (χ4n) is 1.28. The van der Waals surface area contributed by atoms with E-state index in [0.29, 0.717) is 18.2 Å². The Morgan fingerprint density at radius 3 is 2.67 bits per heavy atom. The van der Waals surface area contributed by atoms with Crippen LogP contribution in [0.2, 0.25) is 0 Å². The Balaban J connectivity index is 2.55. The number of hydrogen-bond donors (Lipinski definition) is 2. The van der Waals surface area contributed by atoms with Gasteiger partial charge < -0.3 is 15.8 Å². The highest BCUT2D eigenvalue weighted by atomic mass is 19.1. The molecular formula is C13H19FN2O2. The van der Waals surface area contributed by atoms with Crippen LogP contribution in [-0.4, -0.2) is 18.6 Å². The van der Waals surface area contributed by atoms with E-state index in [1.54, 1.807) is 6.92 Å². The van der Waals surface area contributed by atoms with Crippen LogP contribution < -0.4 is 11.1 Å². The summed E-state index contributed by atoms with van der Waals surface area (Å²) in [6.45, 7) is 6.20. The van der Waals surface area contributed by atoms with Crippen molar-refractivity contribution in [1.82, 2.24) is 0 Å². The lowest BCUT2D eigenvalue weighted by Gasteiger charge is -2.15. The zero-order chi connectivity index (χ0) is 13.7. The number of carbonyl (C=O) groups is 1. The normalized spacial score (nSPS) is 12.5. The van der Waals surface area contributed by atoms with Crippen molar-refractivity contribution in [1.29, 1.82) is 0 Å². The minimum absolute atomic E-state index is 0.00329. The molecule has 0 heterocycles. The van der Waals surface area contributed by atoms with Crippen LogP contribution in [0.1, 0.15) is 20.8 Å². The zero-order valence-electron chi connectivity index (χ0n) is 10.9. The van der Waals surface area contributed by atoms with Gasteiger partial charge >= 0.3 is 0 Å². The Labute approximate surface area is 106 Å². The maximum absolute atomic E-state index is 12.9. The number of hydrogen-bond acceptors (Lipinski definition) is 3. The molecule has 1 rings (SSSR count). The summed E-state index contributed by atoms with van der Waals surface area (Å²) in [5, 5.41) is 2.62. The number of benzene rings is 1. The van der Waals surface area contributed by atoms with Crippen molar-refractivity contribution in [2.24, 2.45) is 5.92 Å². The Bertz CT molecular complexity index is 421. The van der Waals surface area contributed by atoms with Crippen molar-refractivity contribution in [3.63, 3.8) is 0 Å². The molecule has 0 saturated heterocycles. The number of amides is 1. The Hall–Kier alpha value is -1.62. The van der Waals surface area contributed by atoms with Crippen molar-refractivity contribution in [2.75, 3.05) is 17.7 Å². The summed E-state index contributed by atoms with van der Waals surface area (Å²) in [6.07, 6.45) is -0.557. The quantitative estimate of drug-likeness (QED) is 0.793. The van der Waals surface area contributed by atoms with Gasteiger partial charge in [0.05, 0.1) is 5.69 Å². The molecular weight excluding hydrogens is 235 g/mol. The van der Waals surface area contributed by atoms with E-state index in [0.717, 1.165) is 0 Å². The van der Waals surface area contributed by atoms with E-state index in [-0.39, 0.29) is 11.6 Å². The van der Waals surface area contributed by atoms with Crippen LogP contribution in [0, 0.1) is 11.7 Å². The van der Waals surface area contributed by atoms with Gasteiger partial charge in [0.1, 0.15) is 11.9 Å². The minimum atomic E-state index is -0.557. The lowest BCUT2D eigenvalue weighted by molar-refractivity contribution is -0.126. The predicted octanol–water partition coefficient (Wildman–Crippen LogP) is 2.41. The first-order chi connectivity index (χ1) is 8.40. The van der Waals surface area contributed by atoms with Gasteiger partial charge in [-0.25, -0.2) is 4.39 Å². The third-order valence-corrected chi connectivity index (χ3v) is 2.31. The molecule has 0 bridgehead atoms. The molecule has 3 N–H and O–H groups in total. The molecule has 0 radical (unpaired) electrons. The van der Waals surface area contributed by atoms with Crippen molar-refractivity contribution in [3.8, 4) is 0 Å². The average Bonchev–Trinajstić information content (AvgIpc) is 2.30. The van der Waals surface area contributed by atoms with Gasteiger partial charge in [-0.2, -0.15) is 0 Å². The number of carbonyl (C=O) groups excluding carboxylic acids is 1. The molecule has 0 fully saturated rings. The molecule has 1 amide bonds. The molecule has 0 aliphatic heterocycles. The lowest BCUT2D eigenvalue weighted by Crippen LogP contribution is -2.28. The summed E-state index contributed by atoms with van der Waals surface area (Å²) in [6, 6.07) is 4.05. The van der Waals surface area contributed by atoms with E-state index in [1.807, 2.05) is 13.8 Å². The summed E-state index contributed by atoms with van der Waals surface area (Å²) in [5.41, 5.74) is 5.87. The van der Waals surface area contributed by atoms with Crippen molar-refractivity contribution < 1.29 is 13.9 Å². The van der Waals surface area contributed by atoms with Gasteiger partial charge in [-0.05, 0) is 31.0 Å². The number of nitrogens with two attached hydrogens (primary N) is 1. The first-order valence-electron chi connectivity index (χ1n) is 5.87. The molecule has 100 valence electrons. The number of halogens is 1. The van der Waals surface area contributed by atoms with E-state index >= 15 is 0 Å². The number of rotatable bonds is 5. The Morgan fingerprint density at radius 1 is 1.44 bits per heavy atom. The average molecular weight is 254 g/mol. The SMILES string of the molecule is CC(C)COC(C)C(=O)Nc1ccc(F)c(N)c1. The lowest BCUT2D eigenvalue weighted by atomic mass is 10.2. The van der Waals surface area contributed by atoms with Gasteiger partial charge in [0, 0.05) is 12.3 Å². The second kappa shape index (κ2) is 6.35. The summed E-state index contributed by atoms with van der Waals surface area (Å²) in [4.78, 5) is 11.8. The summed E-state index contributed by atoms with van der Waals surface area (Å²) >= 11 is 0. The third kappa shape index (κ3) is 4.33. The van der Waals surface area contributed by atoms with Gasteiger partial charge in [0.2, 0.25) is 0 Å². The highest BCUT2D eigenvalue weighted by Gasteiger charge is 2.14. The molecule has 18 heavy (non-hydrogen) atoms. The number of nitrogen functional groups attached to an aromatic ring is 1. The topological polar surface area (TPSA) is 64.3 Å². The molecule has 5 heteroatoms. The molecule has 4 nitrogen and oxygen atoms in total. The van der Waals surface area contributed by atoms with E-state index in [9.17, 15) is 9.18 Å². The molecule has 1 aromatic rings. The highest BCUT2D eigenvalue weighted by Crippen LogP contribution is 2.16. The first kappa shape index (κ1) is 14.4. The Kier molecular flexibility index (Phi) is 5.09. The molecule has 0 saturated carbocycles. The highest BCUT2D eigenvalue weighted by molar-refractivity contribution is 5.94. The van der Waals surface area contributed by atoms with Gasteiger partial charge in [-0.1, -0.05) is 13.8 Å². The van der Waals surface area contributed by atoms with E-state index in [4.69, 9.17) is 10.5 Å². The fraction of sp³-hybridized carbons (Fsp3) is 0.462. The van der Waals surface area contributed by atoms with Crippen molar-refractivity contribution >= 4 is 17.3 Å². The predicted molar refractivity (Wildman–Crippen MR) is 69.7 cm³/mol. The van der Waals surface area contributed by atoms with Gasteiger partial charge in [-0.15, -0.1) is 0 Å². The second-order valence-corrected chi connectivity index (χ2v) is 4.59. The summed E-state index contributed by atoms with van der Waals surface area (Å²) < 4.78 is 18.3. The Morgan fingerprint density at radius 2 is 2.11 bits per heavy atom.